The summed E-state index contributed by atoms with van der Waals surface area (Å²) in [5, 5.41) is 4.07. The number of rotatable bonds is 6. The number of unbranched alkanes of at least 4 members (excludes halogenated alkanes) is 2. The summed E-state index contributed by atoms with van der Waals surface area (Å²) in [6.07, 6.45) is 7.67. The molecule has 0 unspecified atom stereocenters. The molecule has 2 nitrogen and oxygen atoms in total. The molecule has 1 fully saturated rings. The van der Waals surface area contributed by atoms with Crippen LogP contribution < -0.4 is 0 Å². The van der Waals surface area contributed by atoms with Crippen LogP contribution in [0.1, 0.15) is 45.4 Å². The minimum Gasteiger partial charge on any atom is -0.399 e. The van der Waals surface area contributed by atoms with Crippen LogP contribution in [0.15, 0.2) is 5.16 Å². The average molecular weight is 169 g/mol. The molecule has 0 bridgehead atoms. The fourth-order valence-electron chi connectivity index (χ4n) is 1.41. The largest absolute Gasteiger partial charge is 0.399 e. The standard InChI is InChI=1S/C10H19NO/c1-3-4-5-6-10(11-12-2)9-7-8-9/h9H,3-8H2,1-2H3/b11-10-. The molecule has 0 aliphatic heterocycles. The summed E-state index contributed by atoms with van der Waals surface area (Å²) in [5.41, 5.74) is 1.30. The van der Waals surface area contributed by atoms with Crippen LogP contribution in [0, 0.1) is 5.92 Å². The van der Waals surface area contributed by atoms with Crippen LogP contribution in [0.2, 0.25) is 0 Å². The molecule has 70 valence electrons. The SMILES string of the molecule is CCCCC/C(=N/OC)C1CC1. The van der Waals surface area contributed by atoms with E-state index in [1.165, 1.54) is 37.8 Å². The van der Waals surface area contributed by atoms with E-state index >= 15 is 0 Å². The van der Waals surface area contributed by atoms with Gasteiger partial charge in [-0.1, -0.05) is 24.9 Å². The Morgan fingerprint density at radius 1 is 1.42 bits per heavy atom. The van der Waals surface area contributed by atoms with E-state index in [0.717, 1.165) is 12.3 Å². The number of oxime groups is 1. The second-order valence-corrected chi connectivity index (χ2v) is 3.50. The molecule has 0 N–H and O–H groups in total. The van der Waals surface area contributed by atoms with Crippen LogP contribution in [-0.2, 0) is 4.84 Å². The minimum absolute atomic E-state index is 0.766. The van der Waals surface area contributed by atoms with Gasteiger partial charge in [-0.15, -0.1) is 0 Å². The van der Waals surface area contributed by atoms with E-state index in [1.54, 1.807) is 7.11 Å². The number of hydrogen-bond acceptors (Lipinski definition) is 2. The summed E-state index contributed by atoms with van der Waals surface area (Å²) in [7, 11) is 1.64. The lowest BCUT2D eigenvalue weighted by Gasteiger charge is -2.02. The normalized spacial score (nSPS) is 18.0. The Morgan fingerprint density at radius 2 is 2.17 bits per heavy atom. The van der Waals surface area contributed by atoms with E-state index in [0.29, 0.717) is 0 Å². The Balaban J connectivity index is 2.19. The second kappa shape index (κ2) is 5.18. The van der Waals surface area contributed by atoms with E-state index in [-0.39, 0.29) is 0 Å². The van der Waals surface area contributed by atoms with Crippen molar-refractivity contribution < 1.29 is 4.84 Å². The van der Waals surface area contributed by atoms with Crippen LogP contribution in [0.5, 0.6) is 0 Å². The van der Waals surface area contributed by atoms with Crippen molar-refractivity contribution in [2.24, 2.45) is 11.1 Å². The third-order valence-electron chi connectivity index (χ3n) is 2.29. The predicted molar refractivity (Wildman–Crippen MR) is 51.3 cm³/mol. The lowest BCUT2D eigenvalue weighted by atomic mass is 10.1. The van der Waals surface area contributed by atoms with Gasteiger partial charge in [-0.3, -0.25) is 0 Å². The summed E-state index contributed by atoms with van der Waals surface area (Å²) in [5.74, 6) is 0.766. The second-order valence-electron chi connectivity index (χ2n) is 3.50. The molecule has 1 rings (SSSR count). The lowest BCUT2D eigenvalue weighted by molar-refractivity contribution is 0.211. The molecule has 0 amide bonds. The number of hydrogen-bond donors (Lipinski definition) is 0. The summed E-state index contributed by atoms with van der Waals surface area (Å²) >= 11 is 0. The zero-order valence-corrected chi connectivity index (χ0v) is 8.18. The highest BCUT2D eigenvalue weighted by atomic mass is 16.6. The molecule has 0 heterocycles. The van der Waals surface area contributed by atoms with Gasteiger partial charge in [0.15, 0.2) is 0 Å². The molecular weight excluding hydrogens is 150 g/mol. The van der Waals surface area contributed by atoms with Gasteiger partial charge in [0.25, 0.3) is 0 Å². The summed E-state index contributed by atoms with van der Waals surface area (Å²) in [6, 6.07) is 0. The van der Waals surface area contributed by atoms with E-state index in [1.807, 2.05) is 0 Å². The Kier molecular flexibility index (Phi) is 4.12. The van der Waals surface area contributed by atoms with Gasteiger partial charge in [0.2, 0.25) is 0 Å². The van der Waals surface area contributed by atoms with Gasteiger partial charge < -0.3 is 4.84 Å². The summed E-state index contributed by atoms with van der Waals surface area (Å²) < 4.78 is 0. The third kappa shape index (κ3) is 3.24. The summed E-state index contributed by atoms with van der Waals surface area (Å²) in [6.45, 7) is 2.23. The maximum atomic E-state index is 4.82. The molecule has 0 saturated heterocycles. The van der Waals surface area contributed by atoms with Crippen molar-refractivity contribution in [1.82, 2.24) is 0 Å². The van der Waals surface area contributed by atoms with Gasteiger partial charge >= 0.3 is 0 Å². The van der Waals surface area contributed by atoms with E-state index in [2.05, 4.69) is 12.1 Å². The first kappa shape index (κ1) is 9.56. The monoisotopic (exact) mass is 169 g/mol. The lowest BCUT2D eigenvalue weighted by Crippen LogP contribution is -2.01. The first-order valence-corrected chi connectivity index (χ1v) is 4.98. The van der Waals surface area contributed by atoms with Crippen LogP contribution >= 0.6 is 0 Å². The van der Waals surface area contributed by atoms with Gasteiger partial charge in [-0.05, 0) is 25.7 Å². The minimum atomic E-state index is 0.766. The Labute approximate surface area is 75.0 Å². The maximum Gasteiger partial charge on any atom is 0.106 e. The quantitative estimate of drug-likeness (QED) is 0.340. The van der Waals surface area contributed by atoms with Crippen molar-refractivity contribution in [1.29, 1.82) is 0 Å². The first-order valence-electron chi connectivity index (χ1n) is 4.98. The number of nitrogens with zero attached hydrogens (tertiary/aromatic N) is 1. The molecular formula is C10H19NO. The zero-order chi connectivity index (χ0) is 8.81. The van der Waals surface area contributed by atoms with E-state index < -0.39 is 0 Å². The van der Waals surface area contributed by atoms with Crippen LogP contribution in [0.25, 0.3) is 0 Å². The van der Waals surface area contributed by atoms with Gasteiger partial charge in [-0.25, -0.2) is 0 Å². The molecule has 1 aliphatic carbocycles. The molecule has 0 aromatic heterocycles. The molecule has 2 heteroatoms. The molecule has 0 aromatic rings. The van der Waals surface area contributed by atoms with Gasteiger partial charge in [0.05, 0.1) is 5.71 Å². The Morgan fingerprint density at radius 3 is 2.67 bits per heavy atom. The molecule has 0 aromatic carbocycles. The average Bonchev–Trinajstić information content (AvgIpc) is 2.86. The van der Waals surface area contributed by atoms with Crippen molar-refractivity contribution in [3.63, 3.8) is 0 Å². The molecule has 12 heavy (non-hydrogen) atoms. The zero-order valence-electron chi connectivity index (χ0n) is 8.18. The molecule has 0 atom stereocenters. The molecule has 1 aliphatic rings. The fourth-order valence-corrected chi connectivity index (χ4v) is 1.41. The topological polar surface area (TPSA) is 21.6 Å². The van der Waals surface area contributed by atoms with Crippen LogP contribution in [0.3, 0.4) is 0 Å². The van der Waals surface area contributed by atoms with E-state index in [4.69, 9.17) is 4.84 Å². The Bertz CT molecular complexity index is 150. The van der Waals surface area contributed by atoms with Crippen LogP contribution in [0.4, 0.5) is 0 Å². The highest BCUT2D eigenvalue weighted by Crippen LogP contribution is 2.32. The summed E-state index contributed by atoms with van der Waals surface area (Å²) in [4.78, 5) is 4.82. The molecule has 0 spiro atoms. The van der Waals surface area contributed by atoms with Gasteiger partial charge in [0, 0.05) is 5.92 Å². The van der Waals surface area contributed by atoms with Crippen molar-refractivity contribution in [2.75, 3.05) is 7.11 Å². The maximum absolute atomic E-state index is 4.82. The predicted octanol–water partition coefficient (Wildman–Crippen LogP) is 2.98. The van der Waals surface area contributed by atoms with Crippen molar-refractivity contribution in [3.8, 4) is 0 Å². The van der Waals surface area contributed by atoms with Crippen molar-refractivity contribution in [2.45, 2.75) is 45.4 Å². The third-order valence-corrected chi connectivity index (χ3v) is 2.29. The van der Waals surface area contributed by atoms with E-state index in [9.17, 15) is 0 Å². The smallest absolute Gasteiger partial charge is 0.106 e. The highest BCUT2D eigenvalue weighted by Gasteiger charge is 2.27. The van der Waals surface area contributed by atoms with Gasteiger partial charge in [0.1, 0.15) is 7.11 Å². The van der Waals surface area contributed by atoms with Crippen LogP contribution in [-0.4, -0.2) is 12.8 Å². The van der Waals surface area contributed by atoms with Crippen molar-refractivity contribution in [3.05, 3.63) is 0 Å². The molecule has 1 saturated carbocycles. The Hall–Kier alpha value is -0.530. The highest BCUT2D eigenvalue weighted by molar-refractivity contribution is 5.88. The fraction of sp³-hybridized carbons (Fsp3) is 0.900. The van der Waals surface area contributed by atoms with Crippen molar-refractivity contribution >= 4 is 5.71 Å². The molecule has 0 radical (unpaired) electrons. The van der Waals surface area contributed by atoms with Gasteiger partial charge in [-0.2, -0.15) is 0 Å². The first-order chi connectivity index (χ1) is 5.88.